The normalized spacial score (nSPS) is 12.4. The molecule has 0 spiro atoms. The maximum Gasteiger partial charge on any atom is 0.276 e. The van der Waals surface area contributed by atoms with E-state index in [4.69, 9.17) is 14.0 Å². The van der Waals surface area contributed by atoms with Crippen LogP contribution in [0.2, 0.25) is 0 Å². The Bertz CT molecular complexity index is 690. The van der Waals surface area contributed by atoms with Crippen molar-refractivity contribution in [3.8, 4) is 22.8 Å². The molecule has 0 saturated heterocycles. The van der Waals surface area contributed by atoms with E-state index in [1.54, 1.807) is 11.0 Å². The molecule has 2 heterocycles. The highest BCUT2D eigenvalue weighted by atomic mass is 16.7. The number of nitrogens with zero attached hydrogens (tertiary/aromatic N) is 2. The Hall–Kier alpha value is -2.50. The lowest BCUT2D eigenvalue weighted by Gasteiger charge is -2.19. The van der Waals surface area contributed by atoms with Gasteiger partial charge in [0.2, 0.25) is 6.79 Å². The summed E-state index contributed by atoms with van der Waals surface area (Å²) in [4.78, 5) is 14.3. The summed E-state index contributed by atoms with van der Waals surface area (Å²) in [6, 6.07) is 7.19. The molecule has 0 unspecified atom stereocenters. The molecule has 0 atom stereocenters. The van der Waals surface area contributed by atoms with E-state index < -0.39 is 0 Å². The quantitative estimate of drug-likeness (QED) is 0.818. The summed E-state index contributed by atoms with van der Waals surface area (Å²) < 4.78 is 16.0. The van der Waals surface area contributed by atoms with E-state index in [2.05, 4.69) is 19.0 Å². The monoisotopic (exact) mass is 316 g/mol. The smallest absolute Gasteiger partial charge is 0.276 e. The van der Waals surface area contributed by atoms with Crippen LogP contribution in [-0.4, -0.2) is 35.8 Å². The lowest BCUT2D eigenvalue weighted by atomic mass is 10.1. The van der Waals surface area contributed by atoms with Gasteiger partial charge in [0.1, 0.15) is 0 Å². The summed E-state index contributed by atoms with van der Waals surface area (Å²) in [5.74, 6) is 1.83. The number of hydrogen-bond acceptors (Lipinski definition) is 5. The zero-order chi connectivity index (χ0) is 16.2. The summed E-state index contributed by atoms with van der Waals surface area (Å²) in [6.07, 6.45) is 1.83. The van der Waals surface area contributed by atoms with E-state index in [1.807, 2.05) is 18.2 Å². The Balaban J connectivity index is 1.81. The maximum absolute atomic E-state index is 12.5. The minimum absolute atomic E-state index is 0.0931. The number of fused-ring (bicyclic) bond motifs is 1. The highest BCUT2D eigenvalue weighted by Gasteiger charge is 2.21. The number of benzene rings is 1. The predicted molar refractivity (Wildman–Crippen MR) is 84.5 cm³/mol. The van der Waals surface area contributed by atoms with Crippen molar-refractivity contribution in [1.29, 1.82) is 0 Å². The first-order valence-corrected chi connectivity index (χ1v) is 7.89. The number of ether oxygens (including phenoxy) is 2. The summed E-state index contributed by atoms with van der Waals surface area (Å²) in [5.41, 5.74) is 1.14. The summed E-state index contributed by atoms with van der Waals surface area (Å²) in [7, 11) is 0. The van der Waals surface area contributed by atoms with Crippen LogP contribution in [0.15, 0.2) is 28.8 Å². The van der Waals surface area contributed by atoms with Crippen molar-refractivity contribution < 1.29 is 18.8 Å². The highest BCUT2D eigenvalue weighted by molar-refractivity contribution is 5.93. The van der Waals surface area contributed by atoms with Crippen LogP contribution in [0.5, 0.6) is 11.5 Å². The number of hydrogen-bond donors (Lipinski definition) is 0. The van der Waals surface area contributed by atoms with Gasteiger partial charge in [0, 0.05) is 24.7 Å². The SMILES string of the molecule is CCCN(CCC)C(=O)c1cc(-c2ccc3c(c2)OCO3)on1. The summed E-state index contributed by atoms with van der Waals surface area (Å²) in [6.45, 7) is 5.77. The largest absolute Gasteiger partial charge is 0.454 e. The van der Waals surface area contributed by atoms with Crippen LogP contribution in [-0.2, 0) is 0 Å². The maximum atomic E-state index is 12.5. The second-order valence-electron chi connectivity index (χ2n) is 5.44. The van der Waals surface area contributed by atoms with Gasteiger partial charge in [-0.05, 0) is 31.0 Å². The Morgan fingerprint density at radius 3 is 2.61 bits per heavy atom. The van der Waals surface area contributed by atoms with Gasteiger partial charge in [-0.1, -0.05) is 19.0 Å². The first kappa shape index (κ1) is 15.4. The van der Waals surface area contributed by atoms with E-state index in [1.165, 1.54) is 0 Å². The Kier molecular flexibility index (Phi) is 4.50. The molecule has 3 rings (SSSR count). The van der Waals surface area contributed by atoms with Gasteiger partial charge in [-0.3, -0.25) is 4.79 Å². The number of aromatic nitrogens is 1. The molecule has 0 bridgehead atoms. The zero-order valence-electron chi connectivity index (χ0n) is 13.4. The second kappa shape index (κ2) is 6.73. The van der Waals surface area contributed by atoms with Crippen molar-refractivity contribution in [2.24, 2.45) is 0 Å². The molecule has 0 fully saturated rings. The van der Waals surface area contributed by atoms with Crippen LogP contribution in [0.25, 0.3) is 11.3 Å². The minimum atomic E-state index is -0.0931. The van der Waals surface area contributed by atoms with Gasteiger partial charge < -0.3 is 18.9 Å². The highest BCUT2D eigenvalue weighted by Crippen LogP contribution is 2.36. The van der Waals surface area contributed by atoms with E-state index >= 15 is 0 Å². The van der Waals surface area contributed by atoms with Crippen LogP contribution in [0, 0.1) is 0 Å². The summed E-state index contributed by atoms with van der Waals surface area (Å²) >= 11 is 0. The van der Waals surface area contributed by atoms with E-state index in [9.17, 15) is 4.79 Å². The Morgan fingerprint density at radius 2 is 1.87 bits per heavy atom. The predicted octanol–water partition coefficient (Wildman–Crippen LogP) is 3.33. The number of carbonyl (C=O) groups excluding carboxylic acids is 1. The molecule has 0 N–H and O–H groups in total. The molecule has 1 aromatic heterocycles. The molecule has 1 amide bonds. The molecule has 23 heavy (non-hydrogen) atoms. The first-order valence-electron chi connectivity index (χ1n) is 7.89. The molecule has 1 aliphatic rings. The van der Waals surface area contributed by atoms with Gasteiger partial charge in [0.15, 0.2) is 23.0 Å². The van der Waals surface area contributed by atoms with Crippen LogP contribution < -0.4 is 9.47 Å². The second-order valence-corrected chi connectivity index (χ2v) is 5.44. The van der Waals surface area contributed by atoms with E-state index in [0.29, 0.717) is 23.0 Å². The van der Waals surface area contributed by atoms with E-state index in [-0.39, 0.29) is 12.7 Å². The molecule has 1 aliphatic heterocycles. The molecule has 1 aromatic carbocycles. The fourth-order valence-corrected chi connectivity index (χ4v) is 2.58. The van der Waals surface area contributed by atoms with Crippen molar-refractivity contribution in [2.45, 2.75) is 26.7 Å². The molecule has 0 aliphatic carbocycles. The van der Waals surface area contributed by atoms with Crippen molar-refractivity contribution in [3.05, 3.63) is 30.0 Å². The Morgan fingerprint density at radius 1 is 1.13 bits per heavy atom. The molecular weight excluding hydrogens is 296 g/mol. The fraction of sp³-hybridized carbons (Fsp3) is 0.412. The molecule has 6 nitrogen and oxygen atoms in total. The molecule has 2 aromatic rings. The van der Waals surface area contributed by atoms with Crippen LogP contribution >= 0.6 is 0 Å². The van der Waals surface area contributed by atoms with Gasteiger partial charge in [0.05, 0.1) is 0 Å². The van der Waals surface area contributed by atoms with Crippen LogP contribution in [0.1, 0.15) is 37.2 Å². The fourth-order valence-electron chi connectivity index (χ4n) is 2.58. The average Bonchev–Trinajstić information content (AvgIpc) is 3.22. The Labute approximate surface area is 135 Å². The molecule has 6 heteroatoms. The molecular formula is C17H20N2O4. The third-order valence-electron chi connectivity index (χ3n) is 3.66. The standard InChI is InChI=1S/C17H20N2O4/c1-3-7-19(8-4-2)17(20)13-10-15(23-18-13)12-5-6-14-16(9-12)22-11-21-14/h5-6,9-10H,3-4,7-8,11H2,1-2H3. The lowest BCUT2D eigenvalue weighted by Crippen LogP contribution is -2.32. The molecule has 0 saturated carbocycles. The van der Waals surface area contributed by atoms with Gasteiger partial charge in [-0.15, -0.1) is 0 Å². The third-order valence-corrected chi connectivity index (χ3v) is 3.66. The van der Waals surface area contributed by atoms with Gasteiger partial charge >= 0.3 is 0 Å². The van der Waals surface area contributed by atoms with Gasteiger partial charge in [0.25, 0.3) is 5.91 Å². The minimum Gasteiger partial charge on any atom is -0.454 e. The van der Waals surface area contributed by atoms with Crippen molar-refractivity contribution in [1.82, 2.24) is 10.1 Å². The van der Waals surface area contributed by atoms with Crippen molar-refractivity contribution in [3.63, 3.8) is 0 Å². The molecule has 0 radical (unpaired) electrons. The van der Waals surface area contributed by atoms with Gasteiger partial charge in [-0.25, -0.2) is 0 Å². The number of rotatable bonds is 6. The van der Waals surface area contributed by atoms with Crippen molar-refractivity contribution >= 4 is 5.91 Å². The third kappa shape index (κ3) is 3.16. The summed E-state index contributed by atoms with van der Waals surface area (Å²) in [5, 5.41) is 3.93. The number of amides is 1. The topological polar surface area (TPSA) is 64.8 Å². The average molecular weight is 316 g/mol. The van der Waals surface area contributed by atoms with Crippen LogP contribution in [0.4, 0.5) is 0 Å². The zero-order valence-corrected chi connectivity index (χ0v) is 13.4. The van der Waals surface area contributed by atoms with E-state index in [0.717, 1.165) is 31.5 Å². The molecule has 122 valence electrons. The number of carbonyl (C=O) groups is 1. The first-order chi connectivity index (χ1) is 11.2. The lowest BCUT2D eigenvalue weighted by molar-refractivity contribution is 0.0745. The van der Waals surface area contributed by atoms with Crippen LogP contribution in [0.3, 0.4) is 0 Å². The van der Waals surface area contributed by atoms with Crippen molar-refractivity contribution in [2.75, 3.05) is 19.9 Å². The van der Waals surface area contributed by atoms with Gasteiger partial charge in [-0.2, -0.15) is 0 Å².